The molecule has 0 rings (SSSR count). The van der Waals surface area contributed by atoms with Gasteiger partial charge in [0.1, 0.15) is 0 Å². The van der Waals surface area contributed by atoms with Gasteiger partial charge in [-0.15, -0.1) is 0 Å². The Balaban J connectivity index is 4.42. The van der Waals surface area contributed by atoms with Gasteiger partial charge in [0.05, 0.1) is 8.07 Å². The maximum atomic E-state index is 2.70. The van der Waals surface area contributed by atoms with Crippen LogP contribution in [0.15, 0.2) is 0 Å². The van der Waals surface area contributed by atoms with Crippen LogP contribution in [0.5, 0.6) is 0 Å². The first kappa shape index (κ1) is 18.4. The van der Waals surface area contributed by atoms with Gasteiger partial charge in [-0.25, -0.2) is 0 Å². The van der Waals surface area contributed by atoms with Crippen LogP contribution in [0.1, 0.15) is 52.9 Å². The fourth-order valence-electron chi connectivity index (χ4n) is 2.78. The second-order valence-corrected chi connectivity index (χ2v) is 18.8. The number of unbranched alkanes of at least 4 members (excludes halogenated alkanes) is 2. The Kier molecular flexibility index (Phi) is 8.78. The fourth-order valence-corrected chi connectivity index (χ4v) is 8.76. The minimum Gasteiger partial charge on any atom is -0.0695 e. The molecule has 0 N–H and O–H groups in total. The van der Waals surface area contributed by atoms with Crippen LogP contribution in [0.3, 0.4) is 0 Å². The smallest absolute Gasteiger partial charge is 0.0533 e. The summed E-state index contributed by atoms with van der Waals surface area (Å²) >= 11 is 0. The Morgan fingerprint density at radius 1 is 0.778 bits per heavy atom. The predicted molar refractivity (Wildman–Crippen MR) is 93.2 cm³/mol. The minimum absolute atomic E-state index is 0.839. The predicted octanol–water partition coefficient (Wildman–Crippen LogP) is 6.78. The lowest BCUT2D eigenvalue weighted by molar-refractivity contribution is 0.757. The zero-order valence-electron chi connectivity index (χ0n) is 14.2. The second kappa shape index (κ2) is 8.57. The summed E-state index contributed by atoms with van der Waals surface area (Å²) in [5.41, 5.74) is 1.04. The molecule has 0 aromatic rings. The lowest BCUT2D eigenvalue weighted by atomic mass is 10.3. The first-order chi connectivity index (χ1) is 8.25. The molecule has 0 bridgehead atoms. The molecule has 0 aliphatic rings. The summed E-state index contributed by atoms with van der Waals surface area (Å²) in [6, 6.07) is 4.70. The Morgan fingerprint density at radius 3 is 1.56 bits per heavy atom. The van der Waals surface area contributed by atoms with Crippen LogP contribution in [-0.2, 0) is 0 Å². The molecule has 0 amide bonds. The third-order valence-corrected chi connectivity index (χ3v) is 12.2. The normalized spacial score (nSPS) is 14.8. The molecule has 0 aliphatic carbocycles. The van der Waals surface area contributed by atoms with Crippen LogP contribution < -0.4 is 0 Å². The molecule has 0 saturated carbocycles. The summed E-state index contributed by atoms with van der Waals surface area (Å²) in [5.74, 6) is 0. The van der Waals surface area contributed by atoms with Crippen LogP contribution in [0.4, 0.5) is 0 Å². The van der Waals surface area contributed by atoms with E-state index in [9.17, 15) is 0 Å². The van der Waals surface area contributed by atoms with E-state index < -0.39 is 16.1 Å². The number of hydrogen-bond acceptors (Lipinski definition) is 0. The SMILES string of the molecule is CCCC[Si](C)(CCCC)C(C)CC[Si](C)(C)C. The average Bonchev–Trinajstić information content (AvgIpc) is 2.29. The summed E-state index contributed by atoms with van der Waals surface area (Å²) in [6.45, 7) is 17.6. The van der Waals surface area contributed by atoms with Gasteiger partial charge in [0.25, 0.3) is 0 Å². The molecule has 1 unspecified atom stereocenters. The largest absolute Gasteiger partial charge is 0.0695 e. The summed E-state index contributed by atoms with van der Waals surface area (Å²) in [6.07, 6.45) is 7.24. The van der Waals surface area contributed by atoms with Crippen LogP contribution in [0.25, 0.3) is 0 Å². The molecule has 0 aromatic heterocycles. The van der Waals surface area contributed by atoms with Gasteiger partial charge in [-0.3, -0.25) is 0 Å². The Morgan fingerprint density at radius 2 is 1.22 bits per heavy atom. The molecule has 0 radical (unpaired) electrons. The highest BCUT2D eigenvalue weighted by molar-refractivity contribution is 6.80. The van der Waals surface area contributed by atoms with E-state index in [0.717, 1.165) is 5.54 Å². The van der Waals surface area contributed by atoms with Gasteiger partial charge in [-0.1, -0.05) is 97.2 Å². The molecule has 0 heterocycles. The van der Waals surface area contributed by atoms with Crippen molar-refractivity contribution in [1.82, 2.24) is 0 Å². The van der Waals surface area contributed by atoms with Crippen molar-refractivity contribution in [1.29, 1.82) is 0 Å². The van der Waals surface area contributed by atoms with Gasteiger partial charge in [-0.2, -0.15) is 0 Å². The molecule has 0 fully saturated rings. The molecule has 0 aromatic carbocycles. The third kappa shape index (κ3) is 7.78. The second-order valence-electron chi connectivity index (χ2n) is 7.86. The van der Waals surface area contributed by atoms with Crippen molar-refractivity contribution < 1.29 is 0 Å². The Bertz CT molecular complexity index is 198. The van der Waals surface area contributed by atoms with E-state index in [1.54, 1.807) is 12.1 Å². The number of hydrogen-bond donors (Lipinski definition) is 0. The van der Waals surface area contributed by atoms with E-state index in [1.807, 2.05) is 0 Å². The highest BCUT2D eigenvalue weighted by atomic mass is 28.3. The number of rotatable bonds is 10. The lowest BCUT2D eigenvalue weighted by Crippen LogP contribution is -2.36. The van der Waals surface area contributed by atoms with Crippen LogP contribution in [-0.4, -0.2) is 16.1 Å². The molecule has 0 spiro atoms. The Hall–Kier alpha value is 0.434. The van der Waals surface area contributed by atoms with Crippen LogP contribution in [0, 0.1) is 0 Å². The zero-order valence-corrected chi connectivity index (χ0v) is 16.2. The molecule has 18 heavy (non-hydrogen) atoms. The van der Waals surface area contributed by atoms with Gasteiger partial charge < -0.3 is 0 Å². The highest BCUT2D eigenvalue weighted by Gasteiger charge is 2.32. The van der Waals surface area contributed by atoms with Crippen LogP contribution in [0.2, 0.25) is 49.9 Å². The summed E-state index contributed by atoms with van der Waals surface area (Å²) < 4.78 is 0. The van der Waals surface area contributed by atoms with Gasteiger partial charge in [0.2, 0.25) is 0 Å². The summed E-state index contributed by atoms with van der Waals surface area (Å²) in [5, 5.41) is 0. The fraction of sp³-hybridized carbons (Fsp3) is 1.00. The minimum atomic E-state index is -0.972. The van der Waals surface area contributed by atoms with Crippen LogP contribution >= 0.6 is 0 Å². The quantitative estimate of drug-likeness (QED) is 0.388. The zero-order chi connectivity index (χ0) is 14.2. The first-order valence-corrected chi connectivity index (χ1v) is 14.9. The molecular formula is C16H38Si2. The third-order valence-electron chi connectivity index (χ3n) is 4.72. The molecule has 0 aliphatic heterocycles. The van der Waals surface area contributed by atoms with Gasteiger partial charge in [0.15, 0.2) is 0 Å². The average molecular weight is 287 g/mol. The Labute approximate surface area is 119 Å². The van der Waals surface area contributed by atoms with Crippen molar-refractivity contribution >= 4 is 16.1 Å². The van der Waals surface area contributed by atoms with E-state index >= 15 is 0 Å². The molecule has 0 saturated heterocycles. The maximum Gasteiger partial charge on any atom is 0.0533 e. The van der Waals surface area contributed by atoms with E-state index in [2.05, 4.69) is 47.0 Å². The molecule has 2 heteroatoms. The molecule has 110 valence electrons. The van der Waals surface area contributed by atoms with E-state index in [4.69, 9.17) is 0 Å². The van der Waals surface area contributed by atoms with Crippen molar-refractivity contribution in [2.75, 3.05) is 0 Å². The van der Waals surface area contributed by atoms with Crippen molar-refractivity contribution in [3.05, 3.63) is 0 Å². The van der Waals surface area contributed by atoms with Crippen molar-refractivity contribution in [2.24, 2.45) is 0 Å². The molecule has 1 atom stereocenters. The topological polar surface area (TPSA) is 0 Å². The summed E-state index contributed by atoms with van der Waals surface area (Å²) in [4.78, 5) is 0. The standard InChI is InChI=1S/C16H38Si2/c1-8-10-13-18(7,14-11-9-2)16(3)12-15-17(4,5)6/h16H,8-15H2,1-7H3. The van der Waals surface area contributed by atoms with E-state index in [1.165, 1.54) is 38.1 Å². The van der Waals surface area contributed by atoms with Gasteiger partial charge >= 0.3 is 0 Å². The maximum absolute atomic E-state index is 2.70. The van der Waals surface area contributed by atoms with Crippen molar-refractivity contribution in [3.8, 4) is 0 Å². The van der Waals surface area contributed by atoms with E-state index in [0.29, 0.717) is 0 Å². The monoisotopic (exact) mass is 286 g/mol. The van der Waals surface area contributed by atoms with Crippen molar-refractivity contribution in [2.45, 2.75) is 103 Å². The summed E-state index contributed by atoms with van der Waals surface area (Å²) in [7, 11) is -1.81. The van der Waals surface area contributed by atoms with Gasteiger partial charge in [-0.05, 0) is 5.54 Å². The molecule has 0 nitrogen and oxygen atoms in total. The van der Waals surface area contributed by atoms with E-state index in [-0.39, 0.29) is 0 Å². The van der Waals surface area contributed by atoms with Gasteiger partial charge in [0, 0.05) is 8.07 Å². The first-order valence-electron chi connectivity index (χ1n) is 8.25. The van der Waals surface area contributed by atoms with Crippen molar-refractivity contribution in [3.63, 3.8) is 0 Å². The molecular weight excluding hydrogens is 248 g/mol. The highest BCUT2D eigenvalue weighted by Crippen LogP contribution is 2.37. The lowest BCUT2D eigenvalue weighted by Gasteiger charge is -2.35.